The average molecular weight is 410 g/mol. The lowest BCUT2D eigenvalue weighted by Gasteiger charge is -2.39. The standard InChI is InChI=1S/C16H27N5OS.2ClH/c1-11-10-18-12(2)14(19-11)20-6-8-21(9-7-20)15(22)13(17)16(3,4)23-5;;/h10,13H,6-9,17H2,1-5H3;2*1H/t13-;;/m1../s1. The first kappa shape index (κ1) is 24.2. The van der Waals surface area contributed by atoms with E-state index in [9.17, 15) is 4.79 Å². The van der Waals surface area contributed by atoms with E-state index in [0.717, 1.165) is 30.3 Å². The third-order valence-electron chi connectivity index (χ3n) is 4.48. The first-order chi connectivity index (χ1) is 10.8. The highest BCUT2D eigenvalue weighted by atomic mass is 35.5. The van der Waals surface area contributed by atoms with Crippen molar-refractivity contribution in [2.45, 2.75) is 38.5 Å². The van der Waals surface area contributed by atoms with Crippen LogP contribution in [-0.4, -0.2) is 64.0 Å². The SMILES string of the molecule is CSC(C)(C)[C@H](N)C(=O)N1CCN(c2nc(C)cnc2C)CC1.Cl.Cl. The minimum Gasteiger partial charge on any atom is -0.352 e. The van der Waals surface area contributed by atoms with E-state index in [1.807, 2.05) is 38.9 Å². The van der Waals surface area contributed by atoms with Crippen molar-refractivity contribution in [2.24, 2.45) is 5.73 Å². The van der Waals surface area contributed by atoms with Crippen LogP contribution in [0.25, 0.3) is 0 Å². The van der Waals surface area contributed by atoms with Gasteiger partial charge in [-0.2, -0.15) is 11.8 Å². The van der Waals surface area contributed by atoms with Crippen LogP contribution in [0.15, 0.2) is 6.20 Å². The number of hydrogen-bond donors (Lipinski definition) is 1. The van der Waals surface area contributed by atoms with E-state index in [0.29, 0.717) is 13.1 Å². The van der Waals surface area contributed by atoms with Crippen LogP contribution in [0.2, 0.25) is 0 Å². The van der Waals surface area contributed by atoms with Gasteiger partial charge in [0.05, 0.1) is 17.4 Å². The van der Waals surface area contributed by atoms with E-state index in [1.54, 1.807) is 18.0 Å². The minimum absolute atomic E-state index is 0. The molecule has 1 atom stereocenters. The number of halogens is 2. The molecule has 0 aromatic carbocycles. The molecule has 1 fully saturated rings. The van der Waals surface area contributed by atoms with Crippen LogP contribution >= 0.6 is 36.6 Å². The molecule has 1 aliphatic heterocycles. The van der Waals surface area contributed by atoms with Crippen molar-refractivity contribution in [3.05, 3.63) is 17.6 Å². The Kier molecular flexibility index (Phi) is 9.51. The summed E-state index contributed by atoms with van der Waals surface area (Å²) in [6, 6.07) is -0.482. The zero-order valence-electron chi connectivity index (χ0n) is 15.5. The Balaban J connectivity index is 0.00000288. The predicted octanol–water partition coefficient (Wildman–Crippen LogP) is 2.05. The minimum atomic E-state index is -0.482. The van der Waals surface area contributed by atoms with Gasteiger partial charge in [-0.25, -0.2) is 4.98 Å². The second kappa shape index (κ2) is 9.80. The maximum absolute atomic E-state index is 12.6. The third-order valence-corrected chi connectivity index (χ3v) is 5.79. The number of nitrogens with zero attached hydrogens (tertiary/aromatic N) is 4. The molecule has 1 aromatic rings. The molecule has 0 aliphatic carbocycles. The van der Waals surface area contributed by atoms with Gasteiger partial charge < -0.3 is 15.5 Å². The number of hydrogen-bond acceptors (Lipinski definition) is 6. The van der Waals surface area contributed by atoms with Crippen LogP contribution in [-0.2, 0) is 4.79 Å². The summed E-state index contributed by atoms with van der Waals surface area (Å²) in [7, 11) is 0. The largest absolute Gasteiger partial charge is 0.352 e. The van der Waals surface area contributed by atoms with E-state index in [-0.39, 0.29) is 35.5 Å². The fourth-order valence-electron chi connectivity index (χ4n) is 2.58. The Morgan fingerprint density at radius 2 is 1.80 bits per heavy atom. The van der Waals surface area contributed by atoms with Gasteiger partial charge in [0.25, 0.3) is 0 Å². The zero-order valence-corrected chi connectivity index (χ0v) is 17.9. The summed E-state index contributed by atoms with van der Waals surface area (Å²) >= 11 is 1.63. The molecule has 0 unspecified atom stereocenters. The second-order valence-electron chi connectivity index (χ2n) is 6.52. The third kappa shape index (κ3) is 5.61. The van der Waals surface area contributed by atoms with Crippen molar-refractivity contribution >= 4 is 48.3 Å². The molecule has 0 bridgehead atoms. The van der Waals surface area contributed by atoms with Gasteiger partial charge in [0.15, 0.2) is 0 Å². The molecule has 0 radical (unpaired) electrons. The summed E-state index contributed by atoms with van der Waals surface area (Å²) in [6.07, 6.45) is 3.77. The molecule has 0 saturated carbocycles. The van der Waals surface area contributed by atoms with Gasteiger partial charge >= 0.3 is 0 Å². The maximum atomic E-state index is 12.6. The fraction of sp³-hybridized carbons (Fsp3) is 0.688. The van der Waals surface area contributed by atoms with E-state index < -0.39 is 6.04 Å². The van der Waals surface area contributed by atoms with E-state index in [4.69, 9.17) is 5.73 Å². The number of carbonyl (C=O) groups excluding carboxylic acids is 1. The monoisotopic (exact) mass is 409 g/mol. The highest BCUT2D eigenvalue weighted by Crippen LogP contribution is 2.26. The molecule has 1 aliphatic rings. The Hall–Kier alpha value is -0.760. The molecule has 6 nitrogen and oxygen atoms in total. The number of aromatic nitrogens is 2. The van der Waals surface area contributed by atoms with Crippen LogP contribution in [0.5, 0.6) is 0 Å². The summed E-state index contributed by atoms with van der Waals surface area (Å²) in [5.41, 5.74) is 8.01. The first-order valence-electron chi connectivity index (χ1n) is 7.91. The van der Waals surface area contributed by atoms with E-state index in [1.165, 1.54) is 0 Å². The van der Waals surface area contributed by atoms with Crippen LogP contribution in [0, 0.1) is 13.8 Å². The molecule has 2 rings (SSSR count). The van der Waals surface area contributed by atoms with Crippen LogP contribution in [0.1, 0.15) is 25.2 Å². The van der Waals surface area contributed by atoms with Crippen LogP contribution in [0.3, 0.4) is 0 Å². The predicted molar refractivity (Wildman–Crippen MR) is 110 cm³/mol. The van der Waals surface area contributed by atoms with Gasteiger partial charge in [-0.1, -0.05) is 0 Å². The van der Waals surface area contributed by atoms with Gasteiger partial charge in [0.1, 0.15) is 5.82 Å². The van der Waals surface area contributed by atoms with Crippen molar-refractivity contribution in [3.8, 4) is 0 Å². The number of piperazine rings is 1. The second-order valence-corrected chi connectivity index (χ2v) is 7.98. The molecular weight excluding hydrogens is 381 g/mol. The first-order valence-corrected chi connectivity index (χ1v) is 9.13. The lowest BCUT2D eigenvalue weighted by molar-refractivity contribution is -0.133. The Morgan fingerprint density at radius 3 is 2.32 bits per heavy atom. The summed E-state index contributed by atoms with van der Waals surface area (Å²) < 4.78 is -0.257. The smallest absolute Gasteiger partial charge is 0.241 e. The van der Waals surface area contributed by atoms with Crippen molar-refractivity contribution in [2.75, 3.05) is 37.3 Å². The van der Waals surface area contributed by atoms with E-state index >= 15 is 0 Å². The topological polar surface area (TPSA) is 75.4 Å². The summed E-state index contributed by atoms with van der Waals surface area (Å²) in [5.74, 6) is 0.960. The molecule has 2 heterocycles. The molecule has 144 valence electrons. The quantitative estimate of drug-likeness (QED) is 0.819. The Labute approximate surface area is 167 Å². The fourth-order valence-corrected chi connectivity index (χ4v) is 2.94. The maximum Gasteiger partial charge on any atom is 0.241 e. The highest BCUT2D eigenvalue weighted by Gasteiger charge is 2.35. The van der Waals surface area contributed by atoms with Crippen molar-refractivity contribution < 1.29 is 4.79 Å². The Morgan fingerprint density at radius 1 is 1.24 bits per heavy atom. The number of aryl methyl sites for hydroxylation is 2. The summed E-state index contributed by atoms with van der Waals surface area (Å²) in [6.45, 7) is 10.8. The van der Waals surface area contributed by atoms with Crippen LogP contribution in [0.4, 0.5) is 5.82 Å². The lowest BCUT2D eigenvalue weighted by Crippen LogP contribution is -2.58. The number of anilines is 1. The average Bonchev–Trinajstić information content (AvgIpc) is 2.55. The summed E-state index contributed by atoms with van der Waals surface area (Å²) in [4.78, 5) is 25.6. The molecule has 1 aromatic heterocycles. The molecule has 2 N–H and O–H groups in total. The molecule has 1 saturated heterocycles. The van der Waals surface area contributed by atoms with Crippen molar-refractivity contribution in [1.29, 1.82) is 0 Å². The molecular formula is C16H29Cl2N5OS. The molecule has 25 heavy (non-hydrogen) atoms. The summed E-state index contributed by atoms with van der Waals surface area (Å²) in [5, 5.41) is 0. The molecule has 1 amide bonds. The van der Waals surface area contributed by atoms with Gasteiger partial charge in [0.2, 0.25) is 5.91 Å². The van der Waals surface area contributed by atoms with E-state index in [2.05, 4.69) is 14.9 Å². The van der Waals surface area contributed by atoms with Gasteiger partial charge in [0, 0.05) is 37.1 Å². The van der Waals surface area contributed by atoms with Gasteiger partial charge in [-0.05, 0) is 34.0 Å². The zero-order chi connectivity index (χ0) is 17.2. The number of nitrogens with two attached hydrogens (primary N) is 1. The number of carbonyl (C=O) groups is 1. The number of thioether (sulfide) groups is 1. The Bertz CT molecular complexity index is 580. The molecule has 0 spiro atoms. The van der Waals surface area contributed by atoms with Gasteiger partial charge in [-0.15, -0.1) is 24.8 Å². The highest BCUT2D eigenvalue weighted by molar-refractivity contribution is 8.00. The van der Waals surface area contributed by atoms with Gasteiger partial charge in [-0.3, -0.25) is 9.78 Å². The molecule has 9 heteroatoms. The lowest BCUT2D eigenvalue weighted by atomic mass is 10.0. The number of rotatable bonds is 4. The van der Waals surface area contributed by atoms with Crippen LogP contribution < -0.4 is 10.6 Å². The van der Waals surface area contributed by atoms with Crippen molar-refractivity contribution in [3.63, 3.8) is 0 Å². The van der Waals surface area contributed by atoms with Crippen molar-refractivity contribution in [1.82, 2.24) is 14.9 Å². The normalized spacial score (nSPS) is 15.9. The number of amides is 1.